The second-order valence-electron chi connectivity index (χ2n) is 6.11. The Labute approximate surface area is 117 Å². The average molecular weight is 283 g/mol. The molecule has 0 amide bonds. The third-order valence-electron chi connectivity index (χ3n) is 3.69. The molecule has 0 fully saturated rings. The summed E-state index contributed by atoms with van der Waals surface area (Å²) in [5.41, 5.74) is 6.60. The molecule has 1 aromatic carbocycles. The van der Waals surface area contributed by atoms with Crippen molar-refractivity contribution in [3.05, 3.63) is 12.1 Å². The number of rotatable bonds is 4. The molecule has 108 valence electrons. The highest BCUT2D eigenvalue weighted by Crippen LogP contribution is 2.42. The fourth-order valence-electron chi connectivity index (χ4n) is 1.39. The summed E-state index contributed by atoms with van der Waals surface area (Å²) in [5, 5.41) is 0.118. The number of methoxy groups -OCH3 is 2. The van der Waals surface area contributed by atoms with Gasteiger partial charge in [0, 0.05) is 12.1 Å². The van der Waals surface area contributed by atoms with Gasteiger partial charge in [-0.05, 0) is 18.1 Å². The molecule has 0 unspecified atom stereocenters. The normalized spacial score (nSPS) is 12.2. The summed E-state index contributed by atoms with van der Waals surface area (Å²) in [6.07, 6.45) is 0. The quantitative estimate of drug-likeness (QED) is 0.676. The maximum absolute atomic E-state index is 6.22. The first-order chi connectivity index (χ1) is 8.62. The lowest BCUT2D eigenvalue weighted by atomic mass is 10.2. The molecule has 0 heterocycles. The Morgan fingerprint density at radius 2 is 1.42 bits per heavy atom. The van der Waals surface area contributed by atoms with Crippen molar-refractivity contribution in [3.63, 3.8) is 0 Å². The van der Waals surface area contributed by atoms with Crippen LogP contribution in [-0.4, -0.2) is 22.5 Å². The topological polar surface area (TPSA) is 53.7 Å². The van der Waals surface area contributed by atoms with Crippen LogP contribution in [0.25, 0.3) is 0 Å². The van der Waals surface area contributed by atoms with Gasteiger partial charge in [0.25, 0.3) is 8.32 Å². The lowest BCUT2D eigenvalue weighted by molar-refractivity contribution is 0.353. The van der Waals surface area contributed by atoms with E-state index in [1.165, 1.54) is 0 Å². The molecule has 0 aliphatic rings. The summed E-state index contributed by atoms with van der Waals surface area (Å²) >= 11 is 0. The maximum Gasteiger partial charge on any atom is 0.250 e. The van der Waals surface area contributed by atoms with E-state index in [1.54, 1.807) is 26.4 Å². The van der Waals surface area contributed by atoms with Crippen LogP contribution in [0.1, 0.15) is 20.8 Å². The molecular weight excluding hydrogens is 258 g/mol. The van der Waals surface area contributed by atoms with E-state index in [0.29, 0.717) is 22.9 Å². The third kappa shape index (κ3) is 3.35. The number of benzene rings is 1. The molecule has 2 N–H and O–H groups in total. The van der Waals surface area contributed by atoms with Gasteiger partial charge in [0.1, 0.15) is 5.75 Å². The van der Waals surface area contributed by atoms with E-state index < -0.39 is 8.32 Å². The fraction of sp³-hybridized carbons (Fsp3) is 0.571. The van der Waals surface area contributed by atoms with Gasteiger partial charge in [-0.15, -0.1) is 0 Å². The molecule has 1 rings (SSSR count). The number of ether oxygens (including phenoxy) is 2. The predicted molar refractivity (Wildman–Crippen MR) is 81.8 cm³/mol. The highest BCUT2D eigenvalue weighted by atomic mass is 28.4. The van der Waals surface area contributed by atoms with Crippen molar-refractivity contribution in [2.45, 2.75) is 38.9 Å². The minimum absolute atomic E-state index is 0.118. The minimum Gasteiger partial charge on any atom is -0.542 e. The molecule has 19 heavy (non-hydrogen) atoms. The Morgan fingerprint density at radius 1 is 0.947 bits per heavy atom. The Balaban J connectivity index is 3.15. The van der Waals surface area contributed by atoms with E-state index in [0.717, 1.165) is 0 Å². The number of hydrogen-bond donors (Lipinski definition) is 1. The SMILES string of the molecule is COc1cc(N)c(O[Si](C)(C)C(C)(C)C)cc1OC. The van der Waals surface area contributed by atoms with E-state index in [1.807, 2.05) is 0 Å². The van der Waals surface area contributed by atoms with Gasteiger partial charge in [-0.3, -0.25) is 0 Å². The zero-order valence-corrected chi connectivity index (χ0v) is 14.0. The van der Waals surface area contributed by atoms with Crippen molar-refractivity contribution in [3.8, 4) is 17.2 Å². The molecule has 0 spiro atoms. The van der Waals surface area contributed by atoms with E-state index >= 15 is 0 Å². The molecule has 0 aliphatic carbocycles. The van der Waals surface area contributed by atoms with Gasteiger partial charge in [0.2, 0.25) is 0 Å². The van der Waals surface area contributed by atoms with E-state index in [9.17, 15) is 0 Å². The zero-order chi connectivity index (χ0) is 14.8. The summed E-state index contributed by atoms with van der Waals surface area (Å²) in [5.74, 6) is 1.91. The van der Waals surface area contributed by atoms with Crippen LogP contribution in [0, 0.1) is 0 Å². The Morgan fingerprint density at radius 3 is 1.84 bits per heavy atom. The Bertz CT molecular complexity index is 453. The van der Waals surface area contributed by atoms with Gasteiger partial charge in [-0.25, -0.2) is 0 Å². The zero-order valence-electron chi connectivity index (χ0n) is 13.0. The smallest absolute Gasteiger partial charge is 0.250 e. The average Bonchev–Trinajstić information content (AvgIpc) is 2.29. The van der Waals surface area contributed by atoms with Gasteiger partial charge in [0.05, 0.1) is 19.9 Å². The Kier molecular flexibility index (Phi) is 4.40. The van der Waals surface area contributed by atoms with Crippen LogP contribution in [0.15, 0.2) is 12.1 Å². The molecule has 0 saturated heterocycles. The van der Waals surface area contributed by atoms with Crippen LogP contribution in [0.5, 0.6) is 17.2 Å². The van der Waals surface area contributed by atoms with Crippen LogP contribution in [0.3, 0.4) is 0 Å². The number of nitrogen functional groups attached to an aromatic ring is 1. The highest BCUT2D eigenvalue weighted by molar-refractivity contribution is 6.74. The van der Waals surface area contributed by atoms with Crippen LogP contribution < -0.4 is 19.6 Å². The maximum atomic E-state index is 6.22. The lowest BCUT2D eigenvalue weighted by Gasteiger charge is -2.36. The van der Waals surface area contributed by atoms with Gasteiger partial charge in [-0.2, -0.15) is 0 Å². The molecule has 0 radical (unpaired) electrons. The van der Waals surface area contributed by atoms with Gasteiger partial charge < -0.3 is 19.6 Å². The third-order valence-corrected chi connectivity index (χ3v) is 8.03. The standard InChI is InChI=1S/C14H25NO3Si/c1-14(2,3)19(6,7)18-11-9-13(17-5)12(16-4)8-10(11)15/h8-9H,15H2,1-7H3. The lowest BCUT2D eigenvalue weighted by Crippen LogP contribution is -2.44. The second kappa shape index (κ2) is 5.33. The molecule has 0 saturated carbocycles. The molecule has 4 nitrogen and oxygen atoms in total. The summed E-state index contributed by atoms with van der Waals surface area (Å²) in [6.45, 7) is 10.9. The number of anilines is 1. The van der Waals surface area contributed by atoms with Crippen LogP contribution in [0.4, 0.5) is 5.69 Å². The van der Waals surface area contributed by atoms with E-state index in [-0.39, 0.29) is 5.04 Å². The van der Waals surface area contributed by atoms with Crippen LogP contribution in [0.2, 0.25) is 18.1 Å². The first-order valence-corrected chi connectivity index (χ1v) is 9.23. The number of hydrogen-bond acceptors (Lipinski definition) is 4. The van der Waals surface area contributed by atoms with Crippen molar-refractivity contribution < 1.29 is 13.9 Å². The summed E-state index contributed by atoms with van der Waals surface area (Å²) < 4.78 is 16.7. The predicted octanol–water partition coefficient (Wildman–Crippen LogP) is 3.67. The largest absolute Gasteiger partial charge is 0.542 e. The molecule has 0 aliphatic heterocycles. The highest BCUT2D eigenvalue weighted by Gasteiger charge is 2.39. The summed E-state index contributed by atoms with van der Waals surface area (Å²) in [4.78, 5) is 0. The van der Waals surface area contributed by atoms with Crippen molar-refractivity contribution in [1.29, 1.82) is 0 Å². The van der Waals surface area contributed by atoms with Crippen LogP contribution in [-0.2, 0) is 0 Å². The van der Waals surface area contributed by atoms with E-state index in [4.69, 9.17) is 19.6 Å². The second-order valence-corrected chi connectivity index (χ2v) is 10.8. The Hall–Kier alpha value is -1.36. The number of nitrogens with two attached hydrogens (primary N) is 1. The fourth-order valence-corrected chi connectivity index (χ4v) is 2.43. The van der Waals surface area contributed by atoms with Crippen molar-refractivity contribution in [2.24, 2.45) is 0 Å². The van der Waals surface area contributed by atoms with Gasteiger partial charge in [-0.1, -0.05) is 20.8 Å². The first kappa shape index (κ1) is 15.7. The van der Waals surface area contributed by atoms with Crippen molar-refractivity contribution in [1.82, 2.24) is 0 Å². The summed E-state index contributed by atoms with van der Waals surface area (Å²) in [6, 6.07) is 3.54. The molecule has 0 atom stereocenters. The van der Waals surface area contributed by atoms with E-state index in [2.05, 4.69) is 33.9 Å². The monoisotopic (exact) mass is 283 g/mol. The molecule has 0 aromatic heterocycles. The molecule has 0 bridgehead atoms. The molecule has 5 heteroatoms. The van der Waals surface area contributed by atoms with Crippen LogP contribution >= 0.6 is 0 Å². The van der Waals surface area contributed by atoms with Crippen molar-refractivity contribution in [2.75, 3.05) is 20.0 Å². The first-order valence-electron chi connectivity index (χ1n) is 6.33. The summed E-state index contributed by atoms with van der Waals surface area (Å²) in [7, 11) is 1.27. The molecule has 1 aromatic rings. The van der Waals surface area contributed by atoms with Gasteiger partial charge >= 0.3 is 0 Å². The minimum atomic E-state index is -1.92. The molecular formula is C14H25NO3Si. The van der Waals surface area contributed by atoms with Gasteiger partial charge in [0.15, 0.2) is 11.5 Å². The van der Waals surface area contributed by atoms with Crippen molar-refractivity contribution >= 4 is 14.0 Å².